The smallest absolute Gasteiger partial charge is 0.303 e. The molecule has 1 aliphatic rings. The molecule has 1 fully saturated rings. The van der Waals surface area contributed by atoms with Crippen molar-refractivity contribution in [1.29, 1.82) is 0 Å². The van der Waals surface area contributed by atoms with Crippen LogP contribution in [-0.2, 0) is 4.79 Å². The zero-order chi connectivity index (χ0) is 9.68. The van der Waals surface area contributed by atoms with E-state index in [1.807, 2.05) is 0 Å². The molecule has 1 rings (SSSR count). The Morgan fingerprint density at radius 1 is 1.46 bits per heavy atom. The van der Waals surface area contributed by atoms with Gasteiger partial charge in [-0.1, -0.05) is 12.8 Å². The molecule has 0 aromatic carbocycles. The summed E-state index contributed by atoms with van der Waals surface area (Å²) in [7, 11) is 2.07. The number of aliphatic carboxylic acids is 1. The molecule has 0 aliphatic heterocycles. The molecule has 3 nitrogen and oxygen atoms in total. The third-order valence-electron chi connectivity index (χ3n) is 2.55. The van der Waals surface area contributed by atoms with E-state index in [9.17, 15) is 4.79 Å². The standard InChI is InChI=1S/C10H19NO2/c1-11(7-2-3-10(12)13)8-6-9-4-5-9/h9H,2-8H2,1H3,(H,12,13). The molecule has 0 saturated heterocycles. The predicted octanol–water partition coefficient (Wildman–Crippen LogP) is 1.58. The highest BCUT2D eigenvalue weighted by Gasteiger charge is 2.20. The topological polar surface area (TPSA) is 40.5 Å². The monoisotopic (exact) mass is 185 g/mol. The van der Waals surface area contributed by atoms with Crippen molar-refractivity contribution in [3.8, 4) is 0 Å². The van der Waals surface area contributed by atoms with Crippen molar-refractivity contribution in [2.45, 2.75) is 32.1 Å². The summed E-state index contributed by atoms with van der Waals surface area (Å²) < 4.78 is 0. The first-order chi connectivity index (χ1) is 6.18. The zero-order valence-electron chi connectivity index (χ0n) is 8.33. The fourth-order valence-electron chi connectivity index (χ4n) is 1.42. The van der Waals surface area contributed by atoms with Gasteiger partial charge in [0, 0.05) is 6.42 Å². The first kappa shape index (κ1) is 10.5. The Labute approximate surface area is 79.7 Å². The van der Waals surface area contributed by atoms with Gasteiger partial charge in [0.25, 0.3) is 0 Å². The van der Waals surface area contributed by atoms with Crippen molar-refractivity contribution in [2.75, 3.05) is 20.1 Å². The van der Waals surface area contributed by atoms with Crippen LogP contribution in [0.2, 0.25) is 0 Å². The van der Waals surface area contributed by atoms with Crippen LogP contribution in [0, 0.1) is 5.92 Å². The van der Waals surface area contributed by atoms with Gasteiger partial charge in [0.05, 0.1) is 0 Å². The minimum Gasteiger partial charge on any atom is -0.481 e. The molecule has 0 unspecified atom stereocenters. The van der Waals surface area contributed by atoms with Gasteiger partial charge < -0.3 is 10.0 Å². The Balaban J connectivity index is 1.90. The molecule has 76 valence electrons. The lowest BCUT2D eigenvalue weighted by molar-refractivity contribution is -0.137. The van der Waals surface area contributed by atoms with Crippen LogP contribution in [0.5, 0.6) is 0 Å². The number of carbonyl (C=O) groups is 1. The molecular weight excluding hydrogens is 166 g/mol. The largest absolute Gasteiger partial charge is 0.481 e. The van der Waals surface area contributed by atoms with E-state index in [4.69, 9.17) is 5.11 Å². The number of rotatable bonds is 7. The molecule has 0 spiro atoms. The minimum absolute atomic E-state index is 0.299. The summed E-state index contributed by atoms with van der Waals surface area (Å²) in [6.45, 7) is 2.04. The Kier molecular flexibility index (Phi) is 4.22. The number of hydrogen-bond donors (Lipinski definition) is 1. The van der Waals surface area contributed by atoms with Crippen molar-refractivity contribution >= 4 is 5.97 Å². The lowest BCUT2D eigenvalue weighted by Crippen LogP contribution is -2.21. The second-order valence-corrected chi connectivity index (χ2v) is 4.03. The maximum Gasteiger partial charge on any atom is 0.303 e. The fraction of sp³-hybridized carbons (Fsp3) is 0.900. The van der Waals surface area contributed by atoms with E-state index in [-0.39, 0.29) is 0 Å². The van der Waals surface area contributed by atoms with Gasteiger partial charge in [-0.3, -0.25) is 4.79 Å². The molecule has 1 aliphatic carbocycles. The van der Waals surface area contributed by atoms with Crippen LogP contribution in [0.3, 0.4) is 0 Å². The van der Waals surface area contributed by atoms with E-state index in [0.29, 0.717) is 6.42 Å². The van der Waals surface area contributed by atoms with Gasteiger partial charge in [-0.25, -0.2) is 0 Å². The molecule has 13 heavy (non-hydrogen) atoms. The van der Waals surface area contributed by atoms with Crippen LogP contribution >= 0.6 is 0 Å². The van der Waals surface area contributed by atoms with E-state index >= 15 is 0 Å². The summed E-state index contributed by atoms with van der Waals surface area (Å²) in [5.41, 5.74) is 0. The molecule has 0 radical (unpaired) electrons. The first-order valence-electron chi connectivity index (χ1n) is 5.09. The van der Waals surface area contributed by atoms with Gasteiger partial charge in [-0.2, -0.15) is 0 Å². The molecule has 0 aromatic rings. The maximum atomic E-state index is 10.2. The van der Waals surface area contributed by atoms with Crippen molar-refractivity contribution < 1.29 is 9.90 Å². The molecule has 3 heteroatoms. The number of carboxylic acids is 1. The highest BCUT2D eigenvalue weighted by Crippen LogP contribution is 2.32. The molecular formula is C10H19NO2. The molecule has 0 aromatic heterocycles. The normalized spacial score (nSPS) is 16.5. The van der Waals surface area contributed by atoms with E-state index < -0.39 is 5.97 Å². The Bertz CT molecular complexity index is 166. The van der Waals surface area contributed by atoms with Crippen molar-refractivity contribution in [1.82, 2.24) is 4.90 Å². The summed E-state index contributed by atoms with van der Waals surface area (Å²) in [4.78, 5) is 12.5. The Morgan fingerprint density at radius 3 is 2.69 bits per heavy atom. The molecule has 1 saturated carbocycles. The quantitative estimate of drug-likeness (QED) is 0.654. The van der Waals surface area contributed by atoms with Crippen LogP contribution in [0.25, 0.3) is 0 Å². The Morgan fingerprint density at radius 2 is 2.15 bits per heavy atom. The van der Waals surface area contributed by atoms with Gasteiger partial charge >= 0.3 is 5.97 Å². The second kappa shape index (κ2) is 5.22. The molecule has 0 heterocycles. The van der Waals surface area contributed by atoms with E-state index in [1.54, 1.807) is 0 Å². The first-order valence-corrected chi connectivity index (χ1v) is 5.09. The third kappa shape index (κ3) is 5.64. The van der Waals surface area contributed by atoms with Gasteiger partial charge in [0.2, 0.25) is 0 Å². The minimum atomic E-state index is -0.685. The molecule has 0 bridgehead atoms. The van der Waals surface area contributed by atoms with Gasteiger partial charge in [0.1, 0.15) is 0 Å². The van der Waals surface area contributed by atoms with Gasteiger partial charge in [-0.15, -0.1) is 0 Å². The number of hydrogen-bond acceptors (Lipinski definition) is 2. The highest BCUT2D eigenvalue weighted by molar-refractivity contribution is 5.66. The summed E-state index contributed by atoms with van der Waals surface area (Å²) in [6, 6.07) is 0. The van der Waals surface area contributed by atoms with E-state index in [2.05, 4.69) is 11.9 Å². The molecule has 0 atom stereocenters. The van der Waals surface area contributed by atoms with Crippen molar-refractivity contribution in [3.05, 3.63) is 0 Å². The lowest BCUT2D eigenvalue weighted by atomic mass is 10.2. The Hall–Kier alpha value is -0.570. The number of carboxylic acid groups (broad SMARTS) is 1. The average Bonchev–Trinajstić information content (AvgIpc) is 2.83. The number of nitrogens with zero attached hydrogens (tertiary/aromatic N) is 1. The summed E-state index contributed by atoms with van der Waals surface area (Å²) >= 11 is 0. The third-order valence-corrected chi connectivity index (χ3v) is 2.55. The van der Waals surface area contributed by atoms with E-state index in [1.165, 1.54) is 19.3 Å². The predicted molar refractivity (Wildman–Crippen MR) is 51.7 cm³/mol. The zero-order valence-corrected chi connectivity index (χ0v) is 8.33. The maximum absolute atomic E-state index is 10.2. The van der Waals surface area contributed by atoms with Crippen LogP contribution in [0.1, 0.15) is 32.1 Å². The van der Waals surface area contributed by atoms with Crippen LogP contribution in [0.15, 0.2) is 0 Å². The summed E-state index contributed by atoms with van der Waals surface area (Å²) in [6.07, 6.45) is 5.18. The van der Waals surface area contributed by atoms with Crippen LogP contribution < -0.4 is 0 Å². The van der Waals surface area contributed by atoms with E-state index in [0.717, 1.165) is 25.4 Å². The highest BCUT2D eigenvalue weighted by atomic mass is 16.4. The molecule has 1 N–H and O–H groups in total. The fourth-order valence-corrected chi connectivity index (χ4v) is 1.42. The SMILES string of the molecule is CN(CCCC(=O)O)CCC1CC1. The van der Waals surface area contributed by atoms with Crippen molar-refractivity contribution in [2.24, 2.45) is 5.92 Å². The summed E-state index contributed by atoms with van der Waals surface area (Å²) in [5, 5.41) is 8.44. The lowest BCUT2D eigenvalue weighted by Gasteiger charge is -2.15. The van der Waals surface area contributed by atoms with Crippen LogP contribution in [-0.4, -0.2) is 36.1 Å². The van der Waals surface area contributed by atoms with Crippen LogP contribution in [0.4, 0.5) is 0 Å². The van der Waals surface area contributed by atoms with Gasteiger partial charge in [-0.05, 0) is 38.9 Å². The molecule has 0 amide bonds. The second-order valence-electron chi connectivity index (χ2n) is 4.03. The van der Waals surface area contributed by atoms with Crippen molar-refractivity contribution in [3.63, 3.8) is 0 Å². The average molecular weight is 185 g/mol. The van der Waals surface area contributed by atoms with Gasteiger partial charge in [0.15, 0.2) is 0 Å². The summed E-state index contributed by atoms with van der Waals surface area (Å²) in [5.74, 6) is 0.289.